The SMILES string of the molecule is CC(=O)O[C@@H]1C[C@H](c2cccc(Cl)c2)[C@@H](c2ccc(Cl)cc2)N(C(C)C)S1(=O)=O. The molecule has 0 N–H and O–H groups in total. The lowest BCUT2D eigenvalue weighted by atomic mass is 9.84. The van der Waals surface area contributed by atoms with Gasteiger partial charge < -0.3 is 4.74 Å². The highest BCUT2D eigenvalue weighted by Crippen LogP contribution is 2.48. The van der Waals surface area contributed by atoms with Gasteiger partial charge in [-0.05, 0) is 49.2 Å². The lowest BCUT2D eigenvalue weighted by Gasteiger charge is -2.45. The first-order valence-electron chi connectivity index (χ1n) is 9.31. The van der Waals surface area contributed by atoms with Gasteiger partial charge in [0.05, 0.1) is 6.04 Å². The summed E-state index contributed by atoms with van der Waals surface area (Å²) in [6, 6.07) is 13.7. The van der Waals surface area contributed by atoms with Crippen LogP contribution >= 0.6 is 23.2 Å². The molecule has 0 spiro atoms. The molecule has 1 aliphatic heterocycles. The molecule has 1 heterocycles. The fraction of sp³-hybridized carbons (Fsp3) is 0.381. The molecule has 2 aromatic rings. The summed E-state index contributed by atoms with van der Waals surface area (Å²) in [6.45, 7) is 4.84. The van der Waals surface area contributed by atoms with Crippen molar-refractivity contribution in [1.82, 2.24) is 4.31 Å². The summed E-state index contributed by atoms with van der Waals surface area (Å²) in [4.78, 5) is 11.6. The second-order valence-electron chi connectivity index (χ2n) is 7.40. The number of ether oxygens (including phenoxy) is 1. The monoisotopic (exact) mass is 455 g/mol. The molecule has 1 aliphatic rings. The van der Waals surface area contributed by atoms with Crippen LogP contribution in [-0.2, 0) is 19.6 Å². The molecule has 0 bridgehead atoms. The molecule has 29 heavy (non-hydrogen) atoms. The quantitative estimate of drug-likeness (QED) is 0.597. The first-order chi connectivity index (χ1) is 13.6. The standard InChI is InChI=1S/C21H23Cl2NO4S/c1-13(2)24-21(15-7-9-17(22)10-8-15)19(16-5-4-6-18(23)11-16)12-20(28-14(3)25)29(24,26)27/h4-11,13,19-21H,12H2,1-3H3/t19-,20+,21-/m1/s1. The largest absolute Gasteiger partial charge is 0.445 e. The number of rotatable bonds is 4. The summed E-state index contributed by atoms with van der Waals surface area (Å²) in [5, 5.41) is 1.13. The summed E-state index contributed by atoms with van der Waals surface area (Å²) in [5.74, 6) is -0.887. The maximum Gasteiger partial charge on any atom is 0.303 e. The van der Waals surface area contributed by atoms with Crippen LogP contribution in [0, 0.1) is 0 Å². The number of benzene rings is 2. The highest BCUT2D eigenvalue weighted by atomic mass is 35.5. The van der Waals surface area contributed by atoms with Gasteiger partial charge in [-0.25, -0.2) is 8.42 Å². The van der Waals surface area contributed by atoms with Gasteiger partial charge in [0.1, 0.15) is 0 Å². The van der Waals surface area contributed by atoms with Crippen molar-refractivity contribution in [3.63, 3.8) is 0 Å². The van der Waals surface area contributed by atoms with Crippen LogP contribution in [0.3, 0.4) is 0 Å². The van der Waals surface area contributed by atoms with E-state index in [2.05, 4.69) is 0 Å². The number of carbonyl (C=O) groups excluding carboxylic acids is 1. The van der Waals surface area contributed by atoms with Crippen LogP contribution in [0.2, 0.25) is 10.0 Å². The zero-order chi connectivity index (χ0) is 21.3. The van der Waals surface area contributed by atoms with E-state index in [-0.39, 0.29) is 18.4 Å². The van der Waals surface area contributed by atoms with Crippen molar-refractivity contribution in [2.45, 2.75) is 50.6 Å². The lowest BCUT2D eigenvalue weighted by molar-refractivity contribution is -0.143. The van der Waals surface area contributed by atoms with Gasteiger partial charge in [0.25, 0.3) is 10.0 Å². The van der Waals surface area contributed by atoms with Crippen LogP contribution in [-0.4, -0.2) is 30.2 Å². The van der Waals surface area contributed by atoms with Crippen molar-refractivity contribution < 1.29 is 17.9 Å². The van der Waals surface area contributed by atoms with Crippen LogP contribution in [0.1, 0.15) is 50.3 Å². The molecule has 1 fully saturated rings. The third kappa shape index (κ3) is 4.61. The lowest BCUT2D eigenvalue weighted by Crippen LogP contribution is -2.52. The average Bonchev–Trinajstić information content (AvgIpc) is 2.62. The van der Waals surface area contributed by atoms with Crippen molar-refractivity contribution in [3.8, 4) is 0 Å². The van der Waals surface area contributed by atoms with Gasteiger partial charge in [0.15, 0.2) is 0 Å². The molecule has 0 unspecified atom stereocenters. The zero-order valence-corrected chi connectivity index (χ0v) is 18.7. The van der Waals surface area contributed by atoms with Gasteiger partial charge in [-0.2, -0.15) is 4.31 Å². The third-order valence-corrected chi connectivity index (χ3v) is 7.70. The predicted octanol–water partition coefficient (Wildman–Crippen LogP) is 5.15. The first kappa shape index (κ1) is 22.1. The molecular formula is C21H23Cl2NO4S. The van der Waals surface area contributed by atoms with E-state index in [9.17, 15) is 13.2 Å². The van der Waals surface area contributed by atoms with Crippen molar-refractivity contribution in [3.05, 3.63) is 69.7 Å². The topological polar surface area (TPSA) is 63.7 Å². The first-order valence-corrected chi connectivity index (χ1v) is 11.6. The molecular weight excluding hydrogens is 433 g/mol. The van der Waals surface area contributed by atoms with Crippen LogP contribution in [0.25, 0.3) is 0 Å². The van der Waals surface area contributed by atoms with Crippen LogP contribution in [0.4, 0.5) is 0 Å². The average molecular weight is 456 g/mol. The number of sulfonamides is 1. The second kappa shape index (κ2) is 8.64. The van der Waals surface area contributed by atoms with Gasteiger partial charge >= 0.3 is 5.97 Å². The molecule has 3 atom stereocenters. The number of hydrogen-bond donors (Lipinski definition) is 0. The third-order valence-electron chi connectivity index (χ3n) is 5.02. The Morgan fingerprint density at radius 1 is 1.07 bits per heavy atom. The normalized spacial score (nSPS) is 24.4. The molecule has 0 radical (unpaired) electrons. The summed E-state index contributed by atoms with van der Waals surface area (Å²) >= 11 is 12.3. The molecule has 156 valence electrons. The number of halogens is 2. The second-order valence-corrected chi connectivity index (χ2v) is 10.3. The highest BCUT2D eigenvalue weighted by Gasteiger charge is 2.50. The minimum atomic E-state index is -3.89. The Bertz CT molecular complexity index is 992. The molecule has 0 aromatic heterocycles. The highest BCUT2D eigenvalue weighted by molar-refractivity contribution is 7.89. The van der Waals surface area contributed by atoms with Crippen molar-refractivity contribution in [1.29, 1.82) is 0 Å². The van der Waals surface area contributed by atoms with Crippen molar-refractivity contribution >= 4 is 39.2 Å². The number of nitrogens with zero attached hydrogens (tertiary/aromatic N) is 1. The fourth-order valence-electron chi connectivity index (χ4n) is 3.93. The molecule has 0 saturated carbocycles. The Labute approximate surface area is 181 Å². The Morgan fingerprint density at radius 3 is 2.28 bits per heavy atom. The van der Waals surface area contributed by atoms with Gasteiger partial charge in [0.2, 0.25) is 5.44 Å². The molecule has 8 heteroatoms. The molecule has 3 rings (SSSR count). The maximum absolute atomic E-state index is 13.4. The summed E-state index contributed by atoms with van der Waals surface area (Å²) in [7, 11) is -3.89. The minimum absolute atomic E-state index is 0.138. The van der Waals surface area contributed by atoms with E-state index in [0.29, 0.717) is 10.0 Å². The van der Waals surface area contributed by atoms with E-state index in [0.717, 1.165) is 11.1 Å². The molecule has 2 aromatic carbocycles. The summed E-state index contributed by atoms with van der Waals surface area (Å²) in [5.41, 5.74) is 0.447. The Balaban J connectivity index is 2.20. The Morgan fingerprint density at radius 2 is 1.72 bits per heavy atom. The summed E-state index contributed by atoms with van der Waals surface area (Å²) in [6.07, 6.45) is 0.138. The molecule has 0 amide bonds. The van der Waals surface area contributed by atoms with Crippen LogP contribution < -0.4 is 0 Å². The zero-order valence-electron chi connectivity index (χ0n) is 16.4. The maximum atomic E-state index is 13.4. The number of carbonyl (C=O) groups is 1. The Kier molecular flexibility index (Phi) is 6.58. The van der Waals surface area contributed by atoms with E-state index in [1.165, 1.54) is 11.2 Å². The molecule has 5 nitrogen and oxygen atoms in total. The van der Waals surface area contributed by atoms with Gasteiger partial charge in [-0.15, -0.1) is 0 Å². The summed E-state index contributed by atoms with van der Waals surface area (Å²) < 4.78 is 33.5. The van der Waals surface area contributed by atoms with E-state index >= 15 is 0 Å². The van der Waals surface area contributed by atoms with E-state index < -0.39 is 27.5 Å². The van der Waals surface area contributed by atoms with Crippen LogP contribution in [0.5, 0.6) is 0 Å². The fourth-order valence-corrected chi connectivity index (χ4v) is 6.41. The van der Waals surface area contributed by atoms with Crippen LogP contribution in [0.15, 0.2) is 48.5 Å². The van der Waals surface area contributed by atoms with Gasteiger partial charge in [0, 0.05) is 35.3 Å². The Hall–Kier alpha value is -1.60. The van der Waals surface area contributed by atoms with Crippen molar-refractivity contribution in [2.75, 3.05) is 0 Å². The predicted molar refractivity (Wildman–Crippen MR) is 114 cm³/mol. The van der Waals surface area contributed by atoms with E-state index in [1.54, 1.807) is 18.2 Å². The smallest absolute Gasteiger partial charge is 0.303 e. The minimum Gasteiger partial charge on any atom is -0.445 e. The van der Waals surface area contributed by atoms with E-state index in [1.807, 2.05) is 44.2 Å². The molecule has 0 aliphatic carbocycles. The van der Waals surface area contributed by atoms with Crippen molar-refractivity contribution in [2.24, 2.45) is 0 Å². The van der Waals surface area contributed by atoms with E-state index in [4.69, 9.17) is 27.9 Å². The van der Waals surface area contributed by atoms with Gasteiger partial charge in [-0.1, -0.05) is 47.5 Å². The van der Waals surface area contributed by atoms with Gasteiger partial charge in [-0.3, -0.25) is 4.79 Å². The number of esters is 1. The number of hydrogen-bond acceptors (Lipinski definition) is 4. The molecule has 1 saturated heterocycles.